The van der Waals surface area contributed by atoms with Gasteiger partial charge in [0, 0.05) is 18.6 Å². The van der Waals surface area contributed by atoms with Gasteiger partial charge in [-0.15, -0.1) is 0 Å². The van der Waals surface area contributed by atoms with Gasteiger partial charge in [-0.05, 0) is 37.6 Å². The largest absolute Gasteiger partial charge is 0.381 e. The minimum absolute atomic E-state index is 0.547. The van der Waals surface area contributed by atoms with Gasteiger partial charge in [-0.2, -0.15) is 4.98 Å². The van der Waals surface area contributed by atoms with E-state index in [0.29, 0.717) is 37.9 Å². The Balaban J connectivity index is 2.01. The van der Waals surface area contributed by atoms with E-state index in [1.165, 1.54) is 5.56 Å². The van der Waals surface area contributed by atoms with Crippen molar-refractivity contribution in [3.05, 3.63) is 35.7 Å². The number of aromatic nitrogens is 2. The Morgan fingerprint density at radius 2 is 2.00 bits per heavy atom. The number of nitrogens with two attached hydrogens (primary N) is 1. The lowest BCUT2D eigenvalue weighted by Crippen LogP contribution is -2.02. The second-order valence-electron chi connectivity index (χ2n) is 4.20. The molecule has 0 spiro atoms. The summed E-state index contributed by atoms with van der Waals surface area (Å²) in [5.74, 6) is 1.22. The highest BCUT2D eigenvalue weighted by Crippen LogP contribution is 2.18. The van der Waals surface area contributed by atoms with Crippen LogP contribution in [0.25, 0.3) is 11.5 Å². The van der Waals surface area contributed by atoms with Crippen LogP contribution in [0, 0.1) is 0 Å². The molecule has 0 atom stereocenters. The first-order chi connectivity index (χ1) is 9.33. The third-order valence-corrected chi connectivity index (χ3v) is 2.78. The third-order valence-electron chi connectivity index (χ3n) is 2.78. The van der Waals surface area contributed by atoms with E-state index in [0.717, 1.165) is 12.0 Å². The summed E-state index contributed by atoms with van der Waals surface area (Å²) in [5, 5.41) is 3.94. The van der Waals surface area contributed by atoms with Crippen LogP contribution in [-0.4, -0.2) is 29.9 Å². The van der Waals surface area contributed by atoms with E-state index in [2.05, 4.69) is 10.1 Å². The van der Waals surface area contributed by atoms with Crippen molar-refractivity contribution >= 4 is 0 Å². The molecule has 5 heteroatoms. The fraction of sp³-hybridized carbons (Fsp3) is 0.429. The molecular formula is C14H19N3O2. The van der Waals surface area contributed by atoms with Gasteiger partial charge in [0.25, 0.3) is 5.89 Å². The monoisotopic (exact) mass is 261 g/mol. The normalized spacial score (nSPS) is 10.8. The second kappa shape index (κ2) is 7.01. The molecule has 2 aromatic rings. The molecule has 1 aromatic carbocycles. The fourth-order valence-corrected chi connectivity index (χ4v) is 1.76. The van der Waals surface area contributed by atoms with Gasteiger partial charge in [-0.25, -0.2) is 0 Å². The van der Waals surface area contributed by atoms with Gasteiger partial charge in [-0.1, -0.05) is 17.3 Å². The van der Waals surface area contributed by atoms with Gasteiger partial charge in [-0.3, -0.25) is 0 Å². The van der Waals surface area contributed by atoms with Gasteiger partial charge in [0.15, 0.2) is 5.82 Å². The lowest BCUT2D eigenvalue weighted by molar-refractivity contribution is 0.149. The zero-order valence-electron chi connectivity index (χ0n) is 11.1. The molecule has 102 valence electrons. The number of ether oxygens (including phenoxy) is 1. The van der Waals surface area contributed by atoms with Crippen LogP contribution >= 0.6 is 0 Å². The van der Waals surface area contributed by atoms with Gasteiger partial charge >= 0.3 is 0 Å². The molecule has 19 heavy (non-hydrogen) atoms. The maximum absolute atomic E-state index is 5.52. The molecule has 5 nitrogen and oxygen atoms in total. The van der Waals surface area contributed by atoms with E-state index in [4.69, 9.17) is 15.0 Å². The fourth-order valence-electron chi connectivity index (χ4n) is 1.76. The molecule has 0 unspecified atom stereocenters. The summed E-state index contributed by atoms with van der Waals surface area (Å²) in [5.41, 5.74) is 7.66. The predicted molar refractivity (Wildman–Crippen MR) is 72.7 cm³/mol. The van der Waals surface area contributed by atoms with E-state index in [9.17, 15) is 0 Å². The van der Waals surface area contributed by atoms with Crippen molar-refractivity contribution in [2.45, 2.75) is 19.8 Å². The Morgan fingerprint density at radius 3 is 2.68 bits per heavy atom. The number of benzene rings is 1. The van der Waals surface area contributed by atoms with Crippen molar-refractivity contribution in [2.75, 3.05) is 19.8 Å². The molecule has 0 aliphatic carbocycles. The molecule has 0 radical (unpaired) electrons. The van der Waals surface area contributed by atoms with Gasteiger partial charge in [0.05, 0.1) is 6.61 Å². The molecule has 0 amide bonds. The molecule has 1 aromatic heterocycles. The minimum atomic E-state index is 0.547. The lowest BCUT2D eigenvalue weighted by Gasteiger charge is -1.99. The summed E-state index contributed by atoms with van der Waals surface area (Å²) in [6.45, 7) is 3.93. The summed E-state index contributed by atoms with van der Waals surface area (Å²) < 4.78 is 10.5. The van der Waals surface area contributed by atoms with Gasteiger partial charge in [0.1, 0.15) is 0 Å². The van der Waals surface area contributed by atoms with Crippen LogP contribution in [0.5, 0.6) is 0 Å². The average molecular weight is 261 g/mol. The first kappa shape index (κ1) is 13.7. The zero-order valence-corrected chi connectivity index (χ0v) is 11.1. The highest BCUT2D eigenvalue weighted by Gasteiger charge is 2.08. The molecule has 2 rings (SSSR count). The van der Waals surface area contributed by atoms with Gasteiger partial charge < -0.3 is 15.0 Å². The Kier molecular flexibility index (Phi) is 5.06. The molecule has 0 saturated carbocycles. The van der Waals surface area contributed by atoms with Crippen LogP contribution in [0.3, 0.4) is 0 Å². The lowest BCUT2D eigenvalue weighted by atomic mass is 10.1. The van der Waals surface area contributed by atoms with Crippen LogP contribution in [-0.2, 0) is 17.6 Å². The van der Waals surface area contributed by atoms with E-state index in [-0.39, 0.29) is 0 Å². The van der Waals surface area contributed by atoms with Crippen molar-refractivity contribution in [3.8, 4) is 11.5 Å². The number of hydrogen-bond donors (Lipinski definition) is 1. The van der Waals surface area contributed by atoms with Crippen LogP contribution in [0.2, 0.25) is 0 Å². The summed E-state index contributed by atoms with van der Waals surface area (Å²) in [4.78, 5) is 4.35. The predicted octanol–water partition coefficient (Wildman–Crippen LogP) is 1.82. The maximum atomic E-state index is 5.52. The van der Waals surface area contributed by atoms with Crippen molar-refractivity contribution in [1.29, 1.82) is 0 Å². The Hall–Kier alpha value is -1.72. The van der Waals surface area contributed by atoms with Crippen LogP contribution in [0.15, 0.2) is 28.8 Å². The second-order valence-corrected chi connectivity index (χ2v) is 4.20. The van der Waals surface area contributed by atoms with E-state index in [1.54, 1.807) is 0 Å². The van der Waals surface area contributed by atoms with Crippen molar-refractivity contribution in [3.63, 3.8) is 0 Å². The summed E-state index contributed by atoms with van der Waals surface area (Å²) in [7, 11) is 0. The van der Waals surface area contributed by atoms with Crippen LogP contribution in [0.4, 0.5) is 0 Å². The summed E-state index contributed by atoms with van der Waals surface area (Å²) in [6, 6.07) is 8.02. The van der Waals surface area contributed by atoms with E-state index in [1.807, 2.05) is 31.2 Å². The number of hydrogen-bond acceptors (Lipinski definition) is 5. The Bertz CT molecular complexity index is 494. The van der Waals surface area contributed by atoms with E-state index >= 15 is 0 Å². The maximum Gasteiger partial charge on any atom is 0.257 e. The third kappa shape index (κ3) is 3.87. The van der Waals surface area contributed by atoms with Crippen molar-refractivity contribution < 1.29 is 9.26 Å². The van der Waals surface area contributed by atoms with Crippen LogP contribution in [0.1, 0.15) is 18.3 Å². The quantitative estimate of drug-likeness (QED) is 0.769. The molecular weight excluding hydrogens is 242 g/mol. The van der Waals surface area contributed by atoms with Gasteiger partial charge in [0.2, 0.25) is 0 Å². The Morgan fingerprint density at radius 1 is 1.21 bits per heavy atom. The highest BCUT2D eigenvalue weighted by atomic mass is 16.5. The number of nitrogens with zero attached hydrogens (tertiary/aromatic N) is 2. The molecule has 0 saturated heterocycles. The molecule has 0 bridgehead atoms. The highest BCUT2D eigenvalue weighted by molar-refractivity contribution is 5.53. The summed E-state index contributed by atoms with van der Waals surface area (Å²) in [6.07, 6.45) is 1.55. The topological polar surface area (TPSA) is 74.2 Å². The van der Waals surface area contributed by atoms with Crippen molar-refractivity contribution in [1.82, 2.24) is 10.1 Å². The first-order valence-electron chi connectivity index (χ1n) is 6.53. The molecule has 2 N–H and O–H groups in total. The standard InChI is InChI=1S/C14H19N3O2/c1-2-18-10-8-13-16-14(19-17-13)12-5-3-11(4-6-12)7-9-15/h3-6H,2,7-10,15H2,1H3. The van der Waals surface area contributed by atoms with Crippen LogP contribution < -0.4 is 5.73 Å². The van der Waals surface area contributed by atoms with E-state index < -0.39 is 0 Å². The zero-order chi connectivity index (χ0) is 13.5. The average Bonchev–Trinajstić information content (AvgIpc) is 2.89. The van der Waals surface area contributed by atoms with Crippen molar-refractivity contribution in [2.24, 2.45) is 5.73 Å². The molecule has 0 fully saturated rings. The molecule has 0 aliphatic heterocycles. The SMILES string of the molecule is CCOCCc1noc(-c2ccc(CCN)cc2)n1. The molecule has 0 aliphatic rings. The first-order valence-corrected chi connectivity index (χ1v) is 6.53. The number of rotatable bonds is 7. The summed E-state index contributed by atoms with van der Waals surface area (Å²) >= 11 is 0. The minimum Gasteiger partial charge on any atom is -0.381 e. The molecule has 1 heterocycles. The smallest absolute Gasteiger partial charge is 0.257 e. The Labute approximate surface area is 112 Å².